The third-order valence-corrected chi connectivity index (χ3v) is 4.59. The minimum atomic E-state index is -0.263. The average molecular weight is 390 g/mol. The van der Waals surface area contributed by atoms with Crippen molar-refractivity contribution < 1.29 is 9.53 Å². The van der Waals surface area contributed by atoms with Gasteiger partial charge in [0.1, 0.15) is 17.8 Å². The maximum atomic E-state index is 12.5. The van der Waals surface area contributed by atoms with Gasteiger partial charge in [0.25, 0.3) is 5.91 Å². The largest absolute Gasteiger partial charge is 0.378 e. The van der Waals surface area contributed by atoms with Crippen LogP contribution in [-0.2, 0) is 11.3 Å². The number of hydrogen-bond acceptors (Lipinski definition) is 7. The average Bonchev–Trinajstić information content (AvgIpc) is 2.79. The maximum Gasteiger partial charge on any atom is 0.270 e. The predicted molar refractivity (Wildman–Crippen MR) is 110 cm³/mol. The minimum Gasteiger partial charge on any atom is -0.378 e. The molecule has 1 fully saturated rings. The number of anilines is 3. The van der Waals surface area contributed by atoms with E-state index in [1.165, 1.54) is 6.33 Å². The van der Waals surface area contributed by atoms with Crippen molar-refractivity contribution in [3.8, 4) is 0 Å². The van der Waals surface area contributed by atoms with E-state index in [0.717, 1.165) is 30.0 Å². The molecule has 8 heteroatoms. The highest BCUT2D eigenvalue weighted by Gasteiger charge is 2.15. The van der Waals surface area contributed by atoms with Gasteiger partial charge in [0.15, 0.2) is 0 Å². The zero-order valence-electron chi connectivity index (χ0n) is 15.9. The number of morpholine rings is 1. The third-order valence-electron chi connectivity index (χ3n) is 4.59. The molecule has 3 aromatic rings. The quantitative estimate of drug-likeness (QED) is 0.668. The second-order valence-electron chi connectivity index (χ2n) is 6.57. The van der Waals surface area contributed by atoms with E-state index in [4.69, 9.17) is 4.74 Å². The lowest BCUT2D eigenvalue weighted by molar-refractivity contribution is 0.0945. The van der Waals surface area contributed by atoms with E-state index in [0.29, 0.717) is 31.3 Å². The summed E-state index contributed by atoms with van der Waals surface area (Å²) < 4.78 is 5.45. The molecule has 148 valence electrons. The summed E-state index contributed by atoms with van der Waals surface area (Å²) in [4.78, 5) is 27.1. The zero-order valence-corrected chi connectivity index (χ0v) is 15.9. The van der Waals surface area contributed by atoms with Crippen molar-refractivity contribution in [1.82, 2.24) is 20.3 Å². The Balaban J connectivity index is 1.46. The van der Waals surface area contributed by atoms with Crippen LogP contribution in [0.3, 0.4) is 0 Å². The number of pyridine rings is 1. The van der Waals surface area contributed by atoms with E-state index in [-0.39, 0.29) is 5.91 Å². The number of carbonyl (C=O) groups excluding carboxylic acids is 1. The minimum absolute atomic E-state index is 0.263. The summed E-state index contributed by atoms with van der Waals surface area (Å²) in [6, 6.07) is 13.4. The first kappa shape index (κ1) is 18.8. The molecule has 1 saturated heterocycles. The van der Waals surface area contributed by atoms with Crippen molar-refractivity contribution in [2.24, 2.45) is 0 Å². The number of aromatic nitrogens is 3. The van der Waals surface area contributed by atoms with Gasteiger partial charge in [-0.05, 0) is 23.8 Å². The number of para-hydroxylation sites is 2. The molecular weight excluding hydrogens is 368 g/mol. The summed E-state index contributed by atoms with van der Waals surface area (Å²) in [5, 5.41) is 6.17. The van der Waals surface area contributed by atoms with Gasteiger partial charge in [-0.25, -0.2) is 9.97 Å². The van der Waals surface area contributed by atoms with Crippen LogP contribution in [0.15, 0.2) is 61.2 Å². The number of nitrogens with zero attached hydrogens (tertiary/aromatic N) is 4. The van der Waals surface area contributed by atoms with Gasteiger partial charge in [-0.3, -0.25) is 9.78 Å². The van der Waals surface area contributed by atoms with Gasteiger partial charge >= 0.3 is 0 Å². The Morgan fingerprint density at radius 2 is 1.97 bits per heavy atom. The molecule has 0 saturated carbocycles. The Morgan fingerprint density at radius 1 is 1.10 bits per heavy atom. The standard InChI is InChI=1S/C21H22N6O2/c28-21(23-14-16-4-3-7-22-13-16)18-12-20(25-15-24-18)26-17-5-1-2-6-19(17)27-8-10-29-11-9-27/h1-7,12-13,15H,8-11,14H2,(H,23,28)(H,24,25,26). The Morgan fingerprint density at radius 3 is 2.79 bits per heavy atom. The summed E-state index contributed by atoms with van der Waals surface area (Å²) in [6.07, 6.45) is 4.80. The van der Waals surface area contributed by atoms with Gasteiger partial charge < -0.3 is 20.3 Å². The van der Waals surface area contributed by atoms with Crippen LogP contribution < -0.4 is 15.5 Å². The SMILES string of the molecule is O=C(NCc1cccnc1)c1cc(Nc2ccccc2N2CCOCC2)ncn1. The van der Waals surface area contributed by atoms with E-state index in [1.54, 1.807) is 18.5 Å². The smallest absolute Gasteiger partial charge is 0.270 e. The number of nitrogens with one attached hydrogen (secondary N) is 2. The molecule has 1 amide bonds. The van der Waals surface area contributed by atoms with E-state index < -0.39 is 0 Å². The molecule has 8 nitrogen and oxygen atoms in total. The molecular formula is C21H22N6O2. The van der Waals surface area contributed by atoms with Gasteiger partial charge in [-0.15, -0.1) is 0 Å². The second kappa shape index (κ2) is 9.11. The summed E-state index contributed by atoms with van der Waals surface area (Å²) >= 11 is 0. The van der Waals surface area contributed by atoms with Crippen molar-refractivity contribution >= 4 is 23.1 Å². The van der Waals surface area contributed by atoms with Crippen molar-refractivity contribution in [1.29, 1.82) is 0 Å². The number of hydrogen-bond donors (Lipinski definition) is 2. The summed E-state index contributed by atoms with van der Waals surface area (Å²) in [7, 11) is 0. The van der Waals surface area contributed by atoms with Crippen LogP contribution >= 0.6 is 0 Å². The van der Waals surface area contributed by atoms with E-state index in [1.807, 2.05) is 30.3 Å². The van der Waals surface area contributed by atoms with E-state index in [2.05, 4.69) is 36.6 Å². The van der Waals surface area contributed by atoms with Crippen molar-refractivity contribution in [2.75, 3.05) is 36.5 Å². The molecule has 0 spiro atoms. The molecule has 1 aliphatic heterocycles. The number of ether oxygens (including phenoxy) is 1. The van der Waals surface area contributed by atoms with Crippen LogP contribution in [0.2, 0.25) is 0 Å². The normalized spacial score (nSPS) is 13.7. The molecule has 0 radical (unpaired) electrons. The van der Waals surface area contributed by atoms with Crippen LogP contribution in [-0.4, -0.2) is 47.2 Å². The highest BCUT2D eigenvalue weighted by molar-refractivity contribution is 5.93. The molecule has 29 heavy (non-hydrogen) atoms. The van der Waals surface area contributed by atoms with E-state index >= 15 is 0 Å². The first-order valence-corrected chi connectivity index (χ1v) is 9.47. The van der Waals surface area contributed by atoms with E-state index in [9.17, 15) is 4.79 Å². The lowest BCUT2D eigenvalue weighted by Crippen LogP contribution is -2.36. The van der Waals surface area contributed by atoms with Gasteiger partial charge in [-0.1, -0.05) is 18.2 Å². The topological polar surface area (TPSA) is 92.3 Å². The fraction of sp³-hybridized carbons (Fsp3) is 0.238. The fourth-order valence-corrected chi connectivity index (χ4v) is 3.12. The number of rotatable bonds is 6. The van der Waals surface area contributed by atoms with Crippen molar-refractivity contribution in [3.05, 3.63) is 72.4 Å². The number of benzene rings is 1. The number of amides is 1. The highest BCUT2D eigenvalue weighted by atomic mass is 16.5. The Kier molecular flexibility index (Phi) is 5.92. The van der Waals surface area contributed by atoms with Gasteiger partial charge in [-0.2, -0.15) is 0 Å². The number of carbonyl (C=O) groups is 1. The molecule has 1 aromatic carbocycles. The van der Waals surface area contributed by atoms with Crippen LogP contribution in [0.1, 0.15) is 16.1 Å². The molecule has 0 bridgehead atoms. The lowest BCUT2D eigenvalue weighted by Gasteiger charge is -2.30. The first-order valence-electron chi connectivity index (χ1n) is 9.47. The van der Waals surface area contributed by atoms with Gasteiger partial charge in [0.2, 0.25) is 0 Å². The summed E-state index contributed by atoms with van der Waals surface area (Å²) in [5.74, 6) is 0.299. The monoisotopic (exact) mass is 390 g/mol. The lowest BCUT2D eigenvalue weighted by atomic mass is 10.2. The third kappa shape index (κ3) is 4.85. The molecule has 3 heterocycles. The van der Waals surface area contributed by atoms with Crippen LogP contribution in [0, 0.1) is 0 Å². The summed E-state index contributed by atoms with van der Waals surface area (Å²) in [5.41, 5.74) is 3.23. The van der Waals surface area contributed by atoms with Crippen molar-refractivity contribution in [3.63, 3.8) is 0 Å². The molecule has 4 rings (SSSR count). The first-order chi connectivity index (χ1) is 14.3. The predicted octanol–water partition coefficient (Wildman–Crippen LogP) is 2.38. The van der Waals surface area contributed by atoms with Gasteiger partial charge in [0.05, 0.1) is 24.6 Å². The van der Waals surface area contributed by atoms with Crippen molar-refractivity contribution in [2.45, 2.75) is 6.54 Å². The Hall–Kier alpha value is -3.52. The highest BCUT2D eigenvalue weighted by Crippen LogP contribution is 2.28. The Bertz CT molecular complexity index is 960. The van der Waals surface area contributed by atoms with Gasteiger partial charge in [0, 0.05) is 38.1 Å². The zero-order chi connectivity index (χ0) is 19.9. The molecule has 2 aromatic heterocycles. The second-order valence-corrected chi connectivity index (χ2v) is 6.57. The van der Waals surface area contributed by atoms with Crippen LogP contribution in [0.4, 0.5) is 17.2 Å². The summed E-state index contributed by atoms with van der Waals surface area (Å²) in [6.45, 7) is 3.49. The molecule has 0 atom stereocenters. The Labute approximate surface area is 169 Å². The van der Waals surface area contributed by atoms with Crippen LogP contribution in [0.25, 0.3) is 0 Å². The maximum absolute atomic E-state index is 12.5. The molecule has 0 unspecified atom stereocenters. The molecule has 2 N–H and O–H groups in total. The molecule has 1 aliphatic rings. The fourth-order valence-electron chi connectivity index (χ4n) is 3.12. The molecule has 0 aliphatic carbocycles. The van der Waals surface area contributed by atoms with Crippen LogP contribution in [0.5, 0.6) is 0 Å².